The highest BCUT2D eigenvalue weighted by Gasteiger charge is 1.94. The highest BCUT2D eigenvalue weighted by atomic mass is 127. The summed E-state index contributed by atoms with van der Waals surface area (Å²) in [7, 11) is 0. The summed E-state index contributed by atoms with van der Waals surface area (Å²) >= 11 is 2.25. The minimum Gasteiger partial charge on any atom is -0.250 e. The van der Waals surface area contributed by atoms with E-state index in [2.05, 4.69) is 47.5 Å². The lowest BCUT2D eigenvalue weighted by Crippen LogP contribution is -1.89. The normalized spacial score (nSPS) is 9.90. The summed E-state index contributed by atoms with van der Waals surface area (Å²) in [4.78, 5) is 4.24. The molecule has 0 radical (unpaired) electrons. The molecule has 10 heavy (non-hydrogen) atoms. The molecular weight excluding hydrogens is 237 g/mol. The van der Waals surface area contributed by atoms with Gasteiger partial charge in [-0.2, -0.15) is 0 Å². The Morgan fingerprint density at radius 3 is 2.80 bits per heavy atom. The van der Waals surface area contributed by atoms with E-state index >= 15 is 0 Å². The third-order valence-corrected chi connectivity index (χ3v) is 2.61. The number of hydrogen-bond acceptors (Lipinski definition) is 1. The molecule has 0 aliphatic carbocycles. The molecule has 0 aliphatic rings. The third kappa shape index (κ3) is 1.68. The van der Waals surface area contributed by atoms with E-state index < -0.39 is 0 Å². The summed E-state index contributed by atoms with van der Waals surface area (Å²) < 4.78 is 1.11. The van der Waals surface area contributed by atoms with Gasteiger partial charge in [0.1, 0.15) is 3.70 Å². The molecule has 0 spiro atoms. The molecule has 0 atom stereocenters. The Balaban J connectivity index is 3.04. The van der Waals surface area contributed by atoms with Gasteiger partial charge in [0, 0.05) is 6.20 Å². The lowest BCUT2D eigenvalue weighted by atomic mass is 10.2. The fourth-order valence-electron chi connectivity index (χ4n) is 0.810. The maximum absolute atomic E-state index is 4.24. The van der Waals surface area contributed by atoms with E-state index in [0.29, 0.717) is 0 Å². The van der Waals surface area contributed by atoms with Gasteiger partial charge < -0.3 is 0 Å². The molecule has 0 N–H and O–H groups in total. The minimum absolute atomic E-state index is 1.07. The summed E-state index contributed by atoms with van der Waals surface area (Å²) in [5.74, 6) is 0. The van der Waals surface area contributed by atoms with Crippen LogP contribution in [0.5, 0.6) is 0 Å². The molecule has 1 aromatic heterocycles. The molecular formula is C8H10IN. The maximum Gasteiger partial charge on any atom is 0.104 e. The second kappa shape index (κ2) is 3.32. The van der Waals surface area contributed by atoms with Gasteiger partial charge in [0.05, 0.1) is 0 Å². The summed E-state index contributed by atoms with van der Waals surface area (Å²) in [6.07, 6.45) is 3.01. The number of pyridine rings is 1. The molecule has 1 nitrogen and oxygen atoms in total. The topological polar surface area (TPSA) is 12.9 Å². The molecule has 0 fully saturated rings. The van der Waals surface area contributed by atoms with Crippen LogP contribution >= 0.6 is 22.6 Å². The van der Waals surface area contributed by atoms with Gasteiger partial charge in [0.15, 0.2) is 0 Å². The van der Waals surface area contributed by atoms with Crippen molar-refractivity contribution >= 4 is 22.6 Å². The van der Waals surface area contributed by atoms with Crippen LogP contribution in [0.4, 0.5) is 0 Å². The molecule has 0 bridgehead atoms. The SMILES string of the molecule is CCc1cnc(I)c(C)c1. The van der Waals surface area contributed by atoms with Gasteiger partial charge in [-0.25, -0.2) is 4.98 Å². The van der Waals surface area contributed by atoms with Crippen LogP contribution in [-0.4, -0.2) is 4.98 Å². The lowest BCUT2D eigenvalue weighted by Gasteiger charge is -1.98. The van der Waals surface area contributed by atoms with E-state index in [1.807, 2.05) is 6.20 Å². The van der Waals surface area contributed by atoms with Crippen molar-refractivity contribution in [1.29, 1.82) is 0 Å². The molecule has 0 saturated carbocycles. The zero-order valence-corrected chi connectivity index (χ0v) is 8.34. The van der Waals surface area contributed by atoms with Crippen molar-refractivity contribution in [1.82, 2.24) is 4.98 Å². The van der Waals surface area contributed by atoms with E-state index in [-0.39, 0.29) is 0 Å². The smallest absolute Gasteiger partial charge is 0.104 e. The van der Waals surface area contributed by atoms with E-state index in [9.17, 15) is 0 Å². The van der Waals surface area contributed by atoms with Crippen molar-refractivity contribution in [3.05, 3.63) is 27.1 Å². The van der Waals surface area contributed by atoms with E-state index in [0.717, 1.165) is 10.1 Å². The van der Waals surface area contributed by atoms with Gasteiger partial charge in [-0.05, 0) is 47.1 Å². The van der Waals surface area contributed by atoms with Crippen molar-refractivity contribution in [2.75, 3.05) is 0 Å². The number of halogens is 1. The van der Waals surface area contributed by atoms with Crippen molar-refractivity contribution in [3.63, 3.8) is 0 Å². The Labute approximate surface area is 75.0 Å². The van der Waals surface area contributed by atoms with Gasteiger partial charge in [0.2, 0.25) is 0 Å². The van der Waals surface area contributed by atoms with Crippen LogP contribution in [0.15, 0.2) is 12.3 Å². The second-order valence-corrected chi connectivity index (χ2v) is 3.33. The Morgan fingerprint density at radius 2 is 2.30 bits per heavy atom. The van der Waals surface area contributed by atoms with Crippen molar-refractivity contribution < 1.29 is 0 Å². The first-order valence-electron chi connectivity index (χ1n) is 3.35. The fraction of sp³-hybridized carbons (Fsp3) is 0.375. The van der Waals surface area contributed by atoms with Gasteiger partial charge in [-0.1, -0.05) is 13.0 Å². The van der Waals surface area contributed by atoms with E-state index in [1.165, 1.54) is 11.1 Å². The van der Waals surface area contributed by atoms with E-state index in [4.69, 9.17) is 0 Å². The Hall–Kier alpha value is -0.120. The highest BCUT2D eigenvalue weighted by molar-refractivity contribution is 14.1. The van der Waals surface area contributed by atoms with Crippen molar-refractivity contribution in [3.8, 4) is 0 Å². The maximum atomic E-state index is 4.24. The monoisotopic (exact) mass is 247 g/mol. The number of aromatic nitrogens is 1. The number of rotatable bonds is 1. The fourth-order valence-corrected chi connectivity index (χ4v) is 1.10. The predicted molar refractivity (Wildman–Crippen MR) is 51.1 cm³/mol. The standard InChI is InChI=1S/C8H10IN/c1-3-7-4-6(2)8(9)10-5-7/h4-5H,3H2,1-2H3. The van der Waals surface area contributed by atoms with Crippen molar-refractivity contribution in [2.24, 2.45) is 0 Å². The molecule has 0 aromatic carbocycles. The quantitative estimate of drug-likeness (QED) is 0.549. The van der Waals surface area contributed by atoms with Crippen LogP contribution < -0.4 is 0 Å². The van der Waals surface area contributed by atoms with Gasteiger partial charge >= 0.3 is 0 Å². The average Bonchev–Trinajstić information content (AvgIpc) is 1.95. The van der Waals surface area contributed by atoms with Crippen molar-refractivity contribution in [2.45, 2.75) is 20.3 Å². The Morgan fingerprint density at radius 1 is 1.60 bits per heavy atom. The molecule has 2 heteroatoms. The van der Waals surface area contributed by atoms with Crippen LogP contribution in [0.1, 0.15) is 18.1 Å². The van der Waals surface area contributed by atoms with Crippen LogP contribution in [0, 0.1) is 10.6 Å². The first-order valence-corrected chi connectivity index (χ1v) is 4.43. The highest BCUT2D eigenvalue weighted by Crippen LogP contribution is 2.09. The molecule has 0 saturated heterocycles. The molecule has 1 heterocycles. The predicted octanol–water partition coefficient (Wildman–Crippen LogP) is 2.56. The van der Waals surface area contributed by atoms with Crippen LogP contribution in [-0.2, 0) is 6.42 Å². The molecule has 1 aromatic rings. The van der Waals surface area contributed by atoms with Crippen LogP contribution in [0.2, 0.25) is 0 Å². The van der Waals surface area contributed by atoms with Gasteiger partial charge in [-0.15, -0.1) is 0 Å². The summed E-state index contributed by atoms with van der Waals surface area (Å²) in [6, 6.07) is 2.19. The first-order chi connectivity index (χ1) is 4.74. The summed E-state index contributed by atoms with van der Waals surface area (Å²) in [6.45, 7) is 4.23. The number of hydrogen-bond donors (Lipinski definition) is 0. The first kappa shape index (κ1) is 7.98. The summed E-state index contributed by atoms with van der Waals surface area (Å²) in [5, 5.41) is 0. The molecule has 1 rings (SSSR count). The number of nitrogens with zero attached hydrogens (tertiary/aromatic N) is 1. The Kier molecular flexibility index (Phi) is 2.65. The molecule has 0 unspecified atom stereocenters. The van der Waals surface area contributed by atoms with Gasteiger partial charge in [0.25, 0.3) is 0 Å². The molecule has 0 amide bonds. The van der Waals surface area contributed by atoms with Crippen LogP contribution in [0.25, 0.3) is 0 Å². The average molecular weight is 247 g/mol. The zero-order chi connectivity index (χ0) is 7.56. The third-order valence-electron chi connectivity index (χ3n) is 1.48. The lowest BCUT2D eigenvalue weighted by molar-refractivity contribution is 1.07. The minimum atomic E-state index is 1.07. The number of aryl methyl sites for hydroxylation is 2. The van der Waals surface area contributed by atoms with Gasteiger partial charge in [-0.3, -0.25) is 0 Å². The molecule has 0 aliphatic heterocycles. The summed E-state index contributed by atoms with van der Waals surface area (Å²) in [5.41, 5.74) is 2.60. The molecule has 54 valence electrons. The Bertz CT molecular complexity index is 233. The second-order valence-electron chi connectivity index (χ2n) is 2.30. The largest absolute Gasteiger partial charge is 0.250 e. The van der Waals surface area contributed by atoms with Crippen LogP contribution in [0.3, 0.4) is 0 Å². The van der Waals surface area contributed by atoms with E-state index in [1.54, 1.807) is 0 Å². The zero-order valence-electron chi connectivity index (χ0n) is 6.19.